The van der Waals surface area contributed by atoms with E-state index in [1.165, 1.54) is 63.8 Å². The van der Waals surface area contributed by atoms with E-state index in [-0.39, 0.29) is 0 Å². The van der Waals surface area contributed by atoms with Gasteiger partial charge in [0, 0.05) is 26.2 Å². The lowest BCUT2D eigenvalue weighted by atomic mass is 9.71. The highest BCUT2D eigenvalue weighted by molar-refractivity contribution is 5.16. The highest BCUT2D eigenvalue weighted by Crippen LogP contribution is 2.36. The predicted molar refractivity (Wildman–Crippen MR) is 112 cm³/mol. The van der Waals surface area contributed by atoms with Gasteiger partial charge < -0.3 is 0 Å². The molecule has 0 amide bonds. The summed E-state index contributed by atoms with van der Waals surface area (Å²) < 4.78 is 0. The predicted octanol–water partition coefficient (Wildman–Crippen LogP) is 4.64. The standard InChI is InChI=1S/C24H36N2/c1-3-14-25-16-8-12-22(19-25)24(18-21-10-6-5-7-11-21)23-13-9-17-26(20-23)15-4-2/h3-7,10-11,22-24H,1-2,8-9,12-20H2. The SMILES string of the molecule is C=CCN1CCCC(C(Cc2ccccc2)C2CCCN(CC=C)C2)C1. The van der Waals surface area contributed by atoms with Crippen LogP contribution in [0.2, 0.25) is 0 Å². The van der Waals surface area contributed by atoms with Gasteiger partial charge in [-0.3, -0.25) is 9.80 Å². The summed E-state index contributed by atoms with van der Waals surface area (Å²) >= 11 is 0. The van der Waals surface area contributed by atoms with Crippen molar-refractivity contribution in [2.45, 2.75) is 32.1 Å². The third-order valence-corrected chi connectivity index (χ3v) is 6.38. The Morgan fingerprint density at radius 2 is 1.42 bits per heavy atom. The molecule has 2 nitrogen and oxygen atoms in total. The van der Waals surface area contributed by atoms with Gasteiger partial charge in [0.15, 0.2) is 0 Å². The maximum Gasteiger partial charge on any atom is 0.0160 e. The summed E-state index contributed by atoms with van der Waals surface area (Å²) in [6.07, 6.45) is 10.8. The van der Waals surface area contributed by atoms with Gasteiger partial charge in [-0.2, -0.15) is 0 Å². The van der Waals surface area contributed by atoms with Gasteiger partial charge in [-0.05, 0) is 68.5 Å². The molecule has 0 aliphatic carbocycles. The molecule has 3 rings (SSSR count). The van der Waals surface area contributed by atoms with Crippen molar-refractivity contribution in [1.29, 1.82) is 0 Å². The second-order valence-corrected chi connectivity index (χ2v) is 8.25. The Bertz CT molecular complexity index is 523. The monoisotopic (exact) mass is 352 g/mol. The van der Waals surface area contributed by atoms with Gasteiger partial charge in [0.2, 0.25) is 0 Å². The van der Waals surface area contributed by atoms with Crippen molar-refractivity contribution in [3.05, 3.63) is 61.2 Å². The Hall–Kier alpha value is -1.38. The van der Waals surface area contributed by atoms with Crippen LogP contribution in [0.25, 0.3) is 0 Å². The van der Waals surface area contributed by atoms with Crippen LogP contribution in [0.1, 0.15) is 31.2 Å². The molecule has 2 aliphatic rings. The molecular weight excluding hydrogens is 316 g/mol. The molecule has 0 bridgehead atoms. The quantitative estimate of drug-likeness (QED) is 0.629. The molecule has 2 unspecified atom stereocenters. The molecule has 142 valence electrons. The molecule has 2 heteroatoms. The van der Waals surface area contributed by atoms with Crippen molar-refractivity contribution in [2.24, 2.45) is 17.8 Å². The van der Waals surface area contributed by atoms with E-state index in [2.05, 4.69) is 65.4 Å². The fourth-order valence-electron chi connectivity index (χ4n) is 5.18. The van der Waals surface area contributed by atoms with Gasteiger partial charge in [-0.1, -0.05) is 42.5 Å². The van der Waals surface area contributed by atoms with Gasteiger partial charge in [-0.25, -0.2) is 0 Å². The summed E-state index contributed by atoms with van der Waals surface area (Å²) in [5.41, 5.74) is 1.51. The van der Waals surface area contributed by atoms with Crippen LogP contribution in [-0.2, 0) is 6.42 Å². The number of rotatable bonds is 8. The lowest BCUT2D eigenvalue weighted by Crippen LogP contribution is -2.45. The first kappa shape index (κ1) is 19.4. The molecule has 1 aromatic carbocycles. The van der Waals surface area contributed by atoms with Crippen molar-refractivity contribution >= 4 is 0 Å². The second-order valence-electron chi connectivity index (χ2n) is 8.25. The third-order valence-electron chi connectivity index (χ3n) is 6.38. The van der Waals surface area contributed by atoms with E-state index < -0.39 is 0 Å². The van der Waals surface area contributed by atoms with Crippen LogP contribution in [0.4, 0.5) is 0 Å². The molecule has 1 aromatic rings. The number of hydrogen-bond donors (Lipinski definition) is 0. The average Bonchev–Trinajstić information content (AvgIpc) is 2.68. The molecule has 2 fully saturated rings. The van der Waals surface area contributed by atoms with Crippen LogP contribution in [0.5, 0.6) is 0 Å². The van der Waals surface area contributed by atoms with Gasteiger partial charge >= 0.3 is 0 Å². The molecule has 0 saturated carbocycles. The smallest absolute Gasteiger partial charge is 0.0160 e. The van der Waals surface area contributed by atoms with Crippen molar-refractivity contribution in [2.75, 3.05) is 39.3 Å². The Morgan fingerprint density at radius 1 is 0.885 bits per heavy atom. The first-order chi connectivity index (χ1) is 12.8. The highest BCUT2D eigenvalue weighted by Gasteiger charge is 2.34. The molecule has 0 aromatic heterocycles. The zero-order chi connectivity index (χ0) is 18.2. The first-order valence-corrected chi connectivity index (χ1v) is 10.5. The van der Waals surface area contributed by atoms with Crippen LogP contribution in [0.15, 0.2) is 55.6 Å². The second kappa shape index (κ2) is 10.1. The van der Waals surface area contributed by atoms with E-state index in [1.54, 1.807) is 0 Å². The zero-order valence-corrected chi connectivity index (χ0v) is 16.4. The fraction of sp³-hybridized carbons (Fsp3) is 0.583. The van der Waals surface area contributed by atoms with E-state index in [0.29, 0.717) is 0 Å². The summed E-state index contributed by atoms with van der Waals surface area (Å²) in [6.45, 7) is 15.0. The third kappa shape index (κ3) is 5.31. The first-order valence-electron chi connectivity index (χ1n) is 10.5. The Morgan fingerprint density at radius 3 is 1.92 bits per heavy atom. The van der Waals surface area contributed by atoms with Crippen molar-refractivity contribution in [3.8, 4) is 0 Å². The summed E-state index contributed by atoms with van der Waals surface area (Å²) in [6, 6.07) is 11.2. The minimum atomic E-state index is 0.789. The largest absolute Gasteiger partial charge is 0.299 e. The van der Waals surface area contributed by atoms with Crippen molar-refractivity contribution in [1.82, 2.24) is 9.80 Å². The van der Waals surface area contributed by atoms with E-state index in [9.17, 15) is 0 Å². The van der Waals surface area contributed by atoms with E-state index in [1.807, 2.05) is 0 Å². The molecular formula is C24H36N2. The topological polar surface area (TPSA) is 6.48 Å². The summed E-state index contributed by atoms with van der Waals surface area (Å²) in [7, 11) is 0. The van der Waals surface area contributed by atoms with Crippen molar-refractivity contribution in [3.63, 3.8) is 0 Å². The Balaban J connectivity index is 1.74. The van der Waals surface area contributed by atoms with Crippen LogP contribution >= 0.6 is 0 Å². The minimum absolute atomic E-state index is 0.789. The number of hydrogen-bond acceptors (Lipinski definition) is 2. The molecule has 2 aliphatic heterocycles. The zero-order valence-electron chi connectivity index (χ0n) is 16.4. The number of piperidine rings is 2. The maximum atomic E-state index is 3.95. The maximum absolute atomic E-state index is 3.95. The van der Waals surface area contributed by atoms with Crippen LogP contribution < -0.4 is 0 Å². The van der Waals surface area contributed by atoms with Crippen LogP contribution in [0.3, 0.4) is 0 Å². The van der Waals surface area contributed by atoms with E-state index in [0.717, 1.165) is 30.8 Å². The van der Waals surface area contributed by atoms with Crippen LogP contribution in [0, 0.1) is 17.8 Å². The fourth-order valence-corrected chi connectivity index (χ4v) is 5.18. The summed E-state index contributed by atoms with van der Waals surface area (Å²) in [5, 5.41) is 0. The van der Waals surface area contributed by atoms with E-state index in [4.69, 9.17) is 0 Å². The molecule has 0 radical (unpaired) electrons. The average molecular weight is 353 g/mol. The molecule has 26 heavy (non-hydrogen) atoms. The normalized spacial score (nSPS) is 26.3. The molecule has 2 saturated heterocycles. The molecule has 0 N–H and O–H groups in total. The lowest BCUT2D eigenvalue weighted by molar-refractivity contribution is 0.0707. The van der Waals surface area contributed by atoms with Crippen molar-refractivity contribution < 1.29 is 0 Å². The molecule has 0 spiro atoms. The van der Waals surface area contributed by atoms with Crippen LogP contribution in [-0.4, -0.2) is 49.1 Å². The summed E-state index contributed by atoms with van der Waals surface area (Å²) in [4.78, 5) is 5.23. The van der Waals surface area contributed by atoms with Gasteiger partial charge in [-0.15, -0.1) is 13.2 Å². The highest BCUT2D eigenvalue weighted by atomic mass is 15.1. The number of nitrogens with zero attached hydrogens (tertiary/aromatic N) is 2. The van der Waals surface area contributed by atoms with Gasteiger partial charge in [0.1, 0.15) is 0 Å². The lowest BCUT2D eigenvalue weighted by Gasteiger charge is -2.43. The van der Waals surface area contributed by atoms with Gasteiger partial charge in [0.25, 0.3) is 0 Å². The number of likely N-dealkylation sites (tertiary alicyclic amines) is 2. The van der Waals surface area contributed by atoms with E-state index >= 15 is 0 Å². The van der Waals surface area contributed by atoms with Gasteiger partial charge in [0.05, 0.1) is 0 Å². The number of benzene rings is 1. The summed E-state index contributed by atoms with van der Waals surface area (Å²) in [5.74, 6) is 2.42. The molecule has 2 heterocycles. The minimum Gasteiger partial charge on any atom is -0.299 e. The Kier molecular flexibility index (Phi) is 7.52. The molecule has 2 atom stereocenters. The Labute approximate surface area is 160 Å².